The first-order valence-electron chi connectivity index (χ1n) is 7.12. The van der Waals surface area contributed by atoms with E-state index in [-0.39, 0.29) is 32.0 Å². The largest absolute Gasteiger partial charge is 0.481 e. The van der Waals surface area contributed by atoms with Gasteiger partial charge in [-0.15, -0.1) is 0 Å². The lowest BCUT2D eigenvalue weighted by atomic mass is 9.94. The fourth-order valence-electron chi connectivity index (χ4n) is 1.99. The van der Waals surface area contributed by atoms with Crippen LogP contribution in [0.4, 0.5) is 4.79 Å². The van der Waals surface area contributed by atoms with E-state index in [0.29, 0.717) is 12.3 Å². The van der Waals surface area contributed by atoms with Gasteiger partial charge in [0.25, 0.3) is 0 Å². The average molecular weight is 302 g/mol. The maximum Gasteiger partial charge on any atom is 0.325 e. The minimum atomic E-state index is -0.880. The summed E-state index contributed by atoms with van der Waals surface area (Å²) in [6.07, 6.45) is 0.730. The highest BCUT2D eigenvalue weighted by molar-refractivity contribution is 5.80. The van der Waals surface area contributed by atoms with Crippen LogP contribution in [0.25, 0.3) is 0 Å². The Morgan fingerprint density at radius 2 is 1.90 bits per heavy atom. The van der Waals surface area contributed by atoms with Crippen LogP contribution in [0.2, 0.25) is 0 Å². The van der Waals surface area contributed by atoms with Gasteiger partial charge < -0.3 is 20.1 Å². The zero-order valence-corrected chi connectivity index (χ0v) is 13.2. The number of rotatable bonds is 9. The number of ether oxygens (including phenoxy) is 1. The van der Waals surface area contributed by atoms with E-state index in [0.717, 1.165) is 0 Å². The van der Waals surface area contributed by atoms with Crippen LogP contribution in [0.3, 0.4) is 0 Å². The molecule has 0 saturated heterocycles. The Hall–Kier alpha value is -1.79. The van der Waals surface area contributed by atoms with Gasteiger partial charge >= 0.3 is 18.0 Å². The molecule has 122 valence electrons. The molecular weight excluding hydrogens is 276 g/mol. The molecule has 0 aliphatic rings. The molecule has 0 saturated carbocycles. The van der Waals surface area contributed by atoms with Crippen molar-refractivity contribution in [1.82, 2.24) is 10.2 Å². The average Bonchev–Trinajstić information content (AvgIpc) is 2.34. The number of carbonyl (C=O) groups is 3. The number of amides is 2. The van der Waals surface area contributed by atoms with Crippen molar-refractivity contribution in [2.75, 3.05) is 26.7 Å². The predicted molar refractivity (Wildman–Crippen MR) is 77.9 cm³/mol. The fraction of sp³-hybridized carbons (Fsp3) is 0.786. The molecule has 0 aromatic carbocycles. The first-order valence-corrected chi connectivity index (χ1v) is 7.12. The number of esters is 1. The van der Waals surface area contributed by atoms with Gasteiger partial charge in [0, 0.05) is 20.0 Å². The summed E-state index contributed by atoms with van der Waals surface area (Å²) in [7, 11) is 1.49. The molecule has 0 aromatic heterocycles. The zero-order valence-electron chi connectivity index (χ0n) is 13.2. The van der Waals surface area contributed by atoms with Crippen molar-refractivity contribution in [3.63, 3.8) is 0 Å². The molecule has 0 radical (unpaired) electrons. The molecule has 0 aromatic rings. The quantitative estimate of drug-likeness (QED) is 0.626. The summed E-state index contributed by atoms with van der Waals surface area (Å²) >= 11 is 0. The maximum absolute atomic E-state index is 11.8. The summed E-state index contributed by atoms with van der Waals surface area (Å²) < 4.78 is 4.76. The van der Waals surface area contributed by atoms with Crippen molar-refractivity contribution in [3.05, 3.63) is 0 Å². The Kier molecular flexibility index (Phi) is 9.16. The number of nitrogens with zero attached hydrogens (tertiary/aromatic N) is 1. The fourth-order valence-corrected chi connectivity index (χ4v) is 1.99. The number of carboxylic acid groups (broad SMARTS) is 1. The molecule has 2 amide bonds. The minimum absolute atomic E-state index is 0.0139. The number of aliphatic carboxylic acids is 1. The summed E-state index contributed by atoms with van der Waals surface area (Å²) in [5, 5.41) is 11.5. The lowest BCUT2D eigenvalue weighted by Crippen LogP contribution is -2.42. The van der Waals surface area contributed by atoms with E-state index in [2.05, 4.69) is 5.32 Å². The number of likely N-dealkylation sites (N-methyl/N-ethyl adjacent to an activating group) is 1. The second-order valence-corrected chi connectivity index (χ2v) is 5.44. The third kappa shape index (κ3) is 9.70. The lowest BCUT2D eigenvalue weighted by molar-refractivity contribution is -0.143. The lowest BCUT2D eigenvalue weighted by Gasteiger charge is -2.21. The number of hydrogen-bond donors (Lipinski definition) is 2. The van der Waals surface area contributed by atoms with Crippen molar-refractivity contribution >= 4 is 18.0 Å². The number of carboxylic acids is 1. The molecule has 0 spiro atoms. The van der Waals surface area contributed by atoms with Gasteiger partial charge in [0.2, 0.25) is 0 Å². The van der Waals surface area contributed by atoms with E-state index < -0.39 is 18.0 Å². The molecule has 7 heteroatoms. The van der Waals surface area contributed by atoms with Crippen molar-refractivity contribution in [2.24, 2.45) is 11.8 Å². The zero-order chi connectivity index (χ0) is 16.4. The van der Waals surface area contributed by atoms with E-state index in [4.69, 9.17) is 9.84 Å². The van der Waals surface area contributed by atoms with Crippen LogP contribution in [0.15, 0.2) is 0 Å². The molecule has 0 unspecified atom stereocenters. The number of carbonyl (C=O) groups excluding carboxylic acids is 2. The first kappa shape index (κ1) is 19.2. The Labute approximate surface area is 125 Å². The highest BCUT2D eigenvalue weighted by atomic mass is 16.5. The Morgan fingerprint density at radius 1 is 1.29 bits per heavy atom. The maximum atomic E-state index is 11.8. The Balaban J connectivity index is 4.27. The van der Waals surface area contributed by atoms with Crippen LogP contribution in [0, 0.1) is 11.8 Å². The van der Waals surface area contributed by atoms with Crippen LogP contribution in [-0.4, -0.2) is 54.7 Å². The normalized spacial score (nSPS) is 11.9. The molecule has 0 aliphatic carbocycles. The third-order valence-electron chi connectivity index (χ3n) is 2.83. The van der Waals surface area contributed by atoms with E-state index >= 15 is 0 Å². The van der Waals surface area contributed by atoms with Crippen LogP contribution in [0.1, 0.15) is 33.6 Å². The molecule has 0 bridgehead atoms. The molecule has 0 aliphatic heterocycles. The molecular formula is C14H26N2O5. The first-order chi connectivity index (χ1) is 9.76. The molecule has 21 heavy (non-hydrogen) atoms. The molecule has 2 N–H and O–H groups in total. The Morgan fingerprint density at radius 3 is 2.38 bits per heavy atom. The Bertz CT molecular complexity index is 357. The van der Waals surface area contributed by atoms with Gasteiger partial charge in [-0.05, 0) is 25.2 Å². The molecule has 1 atom stereocenters. The van der Waals surface area contributed by atoms with Crippen molar-refractivity contribution < 1.29 is 24.2 Å². The van der Waals surface area contributed by atoms with E-state index in [1.807, 2.05) is 13.8 Å². The third-order valence-corrected chi connectivity index (χ3v) is 2.83. The molecule has 0 heterocycles. The SMILES string of the molecule is CCOC(=O)CN(C)C(=O)NC[C@H](CC(=O)O)CC(C)C. The summed E-state index contributed by atoms with van der Waals surface area (Å²) in [6.45, 7) is 6.11. The summed E-state index contributed by atoms with van der Waals surface area (Å²) in [5.74, 6) is -1.12. The van der Waals surface area contributed by atoms with Crippen molar-refractivity contribution in [1.29, 1.82) is 0 Å². The summed E-state index contributed by atoms with van der Waals surface area (Å²) in [6, 6.07) is -0.415. The molecule has 0 fully saturated rings. The smallest absolute Gasteiger partial charge is 0.325 e. The van der Waals surface area contributed by atoms with E-state index in [1.165, 1.54) is 11.9 Å². The van der Waals surface area contributed by atoms with Crippen LogP contribution < -0.4 is 5.32 Å². The topological polar surface area (TPSA) is 95.9 Å². The van der Waals surface area contributed by atoms with Gasteiger partial charge in [-0.2, -0.15) is 0 Å². The predicted octanol–water partition coefficient (Wildman–Crippen LogP) is 1.33. The van der Waals surface area contributed by atoms with Crippen molar-refractivity contribution in [3.8, 4) is 0 Å². The molecule has 0 rings (SSSR count). The van der Waals surface area contributed by atoms with Crippen LogP contribution in [0.5, 0.6) is 0 Å². The van der Waals surface area contributed by atoms with Gasteiger partial charge in [-0.25, -0.2) is 4.79 Å². The summed E-state index contributed by atoms with van der Waals surface area (Å²) in [5.41, 5.74) is 0. The van der Waals surface area contributed by atoms with E-state index in [9.17, 15) is 14.4 Å². The van der Waals surface area contributed by atoms with E-state index in [1.54, 1.807) is 6.92 Å². The van der Waals surface area contributed by atoms with Crippen LogP contribution >= 0.6 is 0 Å². The van der Waals surface area contributed by atoms with Gasteiger partial charge in [-0.3, -0.25) is 9.59 Å². The molecule has 7 nitrogen and oxygen atoms in total. The van der Waals surface area contributed by atoms with Crippen molar-refractivity contribution in [2.45, 2.75) is 33.6 Å². The minimum Gasteiger partial charge on any atom is -0.481 e. The number of nitrogens with one attached hydrogen (secondary N) is 1. The summed E-state index contributed by atoms with van der Waals surface area (Å²) in [4.78, 5) is 35.1. The highest BCUT2D eigenvalue weighted by Gasteiger charge is 2.18. The number of hydrogen-bond acceptors (Lipinski definition) is 4. The monoisotopic (exact) mass is 302 g/mol. The van der Waals surface area contributed by atoms with Crippen LogP contribution in [-0.2, 0) is 14.3 Å². The second kappa shape index (κ2) is 10.0. The van der Waals surface area contributed by atoms with Gasteiger partial charge in [-0.1, -0.05) is 13.8 Å². The standard InChI is InChI=1S/C14H26N2O5/c1-5-21-13(19)9-16(4)14(20)15-8-11(6-10(2)3)7-12(17)18/h10-11H,5-9H2,1-4H3,(H,15,20)(H,17,18)/t11-/m0/s1. The highest BCUT2D eigenvalue weighted by Crippen LogP contribution is 2.14. The number of urea groups is 1. The van der Waals surface area contributed by atoms with Gasteiger partial charge in [0.1, 0.15) is 6.54 Å². The van der Waals surface area contributed by atoms with Gasteiger partial charge in [0.05, 0.1) is 6.61 Å². The van der Waals surface area contributed by atoms with Gasteiger partial charge in [0.15, 0.2) is 0 Å². The second-order valence-electron chi connectivity index (χ2n) is 5.44.